The fourth-order valence-electron chi connectivity index (χ4n) is 4.72. The fourth-order valence-corrected chi connectivity index (χ4v) is 4.72. The first-order valence-corrected chi connectivity index (χ1v) is 10.0. The Morgan fingerprint density at radius 2 is 1.81 bits per heavy atom. The standard InChI is InChI=1S/C21H19F3N6O/c22-21(23,24)31-16-7-5-13(6-8-16)17-2-1-9-30-19(17)27-20(28-30)26-18-14-3-4-15(18)11-29(10-14)12-25/h1-2,5-9,14-15,18H,3-4,10-11H2,(H,26,28)/t14-,15+,18?. The molecule has 1 aliphatic heterocycles. The summed E-state index contributed by atoms with van der Waals surface area (Å²) >= 11 is 0. The van der Waals surface area contributed by atoms with Gasteiger partial charge in [0.1, 0.15) is 5.75 Å². The number of likely N-dealkylation sites (tertiary alicyclic amines) is 1. The summed E-state index contributed by atoms with van der Waals surface area (Å²) in [5.41, 5.74) is 2.07. The van der Waals surface area contributed by atoms with Crippen LogP contribution in [0.5, 0.6) is 5.75 Å². The van der Waals surface area contributed by atoms with Gasteiger partial charge in [-0.3, -0.25) is 0 Å². The Morgan fingerprint density at radius 3 is 2.45 bits per heavy atom. The number of fused-ring (bicyclic) bond motifs is 3. The molecule has 0 amide bonds. The van der Waals surface area contributed by atoms with E-state index in [0.29, 0.717) is 29.0 Å². The van der Waals surface area contributed by atoms with Gasteiger partial charge in [-0.25, -0.2) is 4.52 Å². The van der Waals surface area contributed by atoms with E-state index >= 15 is 0 Å². The average Bonchev–Trinajstić information content (AvgIpc) is 3.24. The molecule has 3 atom stereocenters. The van der Waals surface area contributed by atoms with Crippen molar-refractivity contribution in [2.75, 3.05) is 18.4 Å². The predicted octanol–water partition coefficient (Wildman–Crippen LogP) is 3.90. The summed E-state index contributed by atoms with van der Waals surface area (Å²) in [5.74, 6) is 0.999. The van der Waals surface area contributed by atoms with Crippen molar-refractivity contribution in [2.24, 2.45) is 11.8 Å². The zero-order chi connectivity index (χ0) is 21.6. The van der Waals surface area contributed by atoms with E-state index in [1.165, 1.54) is 12.1 Å². The third kappa shape index (κ3) is 3.83. The Hall–Kier alpha value is -3.48. The Labute approximate surface area is 176 Å². The second-order valence-corrected chi connectivity index (χ2v) is 7.97. The topological polar surface area (TPSA) is 78.5 Å². The molecular weight excluding hydrogens is 409 g/mol. The van der Waals surface area contributed by atoms with E-state index in [1.807, 2.05) is 17.0 Å². The number of nitriles is 1. The number of hydrogen-bond acceptors (Lipinski definition) is 6. The molecule has 7 nitrogen and oxygen atoms in total. The maximum Gasteiger partial charge on any atom is 0.573 e. The van der Waals surface area contributed by atoms with Gasteiger partial charge in [0.25, 0.3) is 0 Å². The molecule has 2 aromatic heterocycles. The number of hydrogen-bond donors (Lipinski definition) is 1. The van der Waals surface area contributed by atoms with Crippen LogP contribution in [0.25, 0.3) is 16.8 Å². The number of aromatic nitrogens is 3. The molecule has 1 unspecified atom stereocenters. The lowest BCUT2D eigenvalue weighted by atomic mass is 9.92. The lowest BCUT2D eigenvalue weighted by molar-refractivity contribution is -0.274. The van der Waals surface area contributed by atoms with Crippen LogP contribution in [0.15, 0.2) is 42.6 Å². The Kier molecular flexibility index (Phi) is 4.61. The monoisotopic (exact) mass is 428 g/mol. The van der Waals surface area contributed by atoms with Crippen molar-refractivity contribution in [3.63, 3.8) is 0 Å². The minimum absolute atomic E-state index is 0.226. The van der Waals surface area contributed by atoms with Crippen LogP contribution in [-0.4, -0.2) is 45.0 Å². The third-order valence-corrected chi connectivity index (χ3v) is 6.03. The second-order valence-electron chi connectivity index (χ2n) is 7.97. The first-order valence-electron chi connectivity index (χ1n) is 10.0. The molecule has 2 aliphatic rings. The number of nitrogens with zero attached hydrogens (tertiary/aromatic N) is 5. The molecule has 0 spiro atoms. The van der Waals surface area contributed by atoms with Gasteiger partial charge in [0.05, 0.1) is 0 Å². The molecule has 1 saturated carbocycles. The summed E-state index contributed by atoms with van der Waals surface area (Å²) in [5, 5.41) is 17.2. The van der Waals surface area contributed by atoms with Gasteiger partial charge < -0.3 is 15.0 Å². The van der Waals surface area contributed by atoms with Gasteiger partial charge in [0.2, 0.25) is 5.95 Å². The van der Waals surface area contributed by atoms with Gasteiger partial charge in [-0.2, -0.15) is 10.2 Å². The molecule has 1 aromatic carbocycles. The number of pyridine rings is 1. The molecular formula is C21H19F3N6O. The van der Waals surface area contributed by atoms with Crippen LogP contribution in [0, 0.1) is 23.3 Å². The van der Waals surface area contributed by atoms with E-state index in [2.05, 4.69) is 26.3 Å². The number of ether oxygens (including phenoxy) is 1. The number of nitrogens with one attached hydrogen (secondary N) is 1. The molecule has 31 heavy (non-hydrogen) atoms. The van der Waals surface area contributed by atoms with E-state index in [0.717, 1.165) is 31.5 Å². The van der Waals surface area contributed by atoms with Crippen LogP contribution >= 0.6 is 0 Å². The van der Waals surface area contributed by atoms with Crippen LogP contribution in [0.1, 0.15) is 12.8 Å². The highest BCUT2D eigenvalue weighted by molar-refractivity contribution is 5.78. The highest BCUT2D eigenvalue weighted by Gasteiger charge is 2.42. The average molecular weight is 428 g/mol. The van der Waals surface area contributed by atoms with Crippen molar-refractivity contribution >= 4 is 11.6 Å². The lowest BCUT2D eigenvalue weighted by Crippen LogP contribution is -2.46. The van der Waals surface area contributed by atoms with Crippen molar-refractivity contribution in [1.82, 2.24) is 19.5 Å². The molecule has 1 aliphatic carbocycles. The van der Waals surface area contributed by atoms with Gasteiger partial charge in [-0.1, -0.05) is 12.1 Å². The zero-order valence-electron chi connectivity index (χ0n) is 16.4. The fraction of sp³-hybridized carbons (Fsp3) is 0.381. The lowest BCUT2D eigenvalue weighted by Gasteiger charge is -2.35. The van der Waals surface area contributed by atoms with Crippen molar-refractivity contribution in [3.8, 4) is 23.1 Å². The van der Waals surface area contributed by atoms with Crippen molar-refractivity contribution in [3.05, 3.63) is 42.6 Å². The van der Waals surface area contributed by atoms with Crippen molar-refractivity contribution in [1.29, 1.82) is 5.26 Å². The summed E-state index contributed by atoms with van der Waals surface area (Å²) in [6.07, 6.45) is 1.46. The zero-order valence-corrected chi connectivity index (χ0v) is 16.4. The van der Waals surface area contributed by atoms with Gasteiger partial charge in [-0.05, 0) is 54.5 Å². The van der Waals surface area contributed by atoms with Crippen LogP contribution in [0.3, 0.4) is 0 Å². The minimum Gasteiger partial charge on any atom is -0.406 e. The van der Waals surface area contributed by atoms with E-state index in [1.54, 1.807) is 22.8 Å². The Balaban J connectivity index is 1.39. The number of rotatable bonds is 4. The maximum atomic E-state index is 12.4. The van der Waals surface area contributed by atoms with E-state index < -0.39 is 6.36 Å². The van der Waals surface area contributed by atoms with Crippen molar-refractivity contribution in [2.45, 2.75) is 25.2 Å². The van der Waals surface area contributed by atoms with Crippen molar-refractivity contribution < 1.29 is 17.9 Å². The summed E-state index contributed by atoms with van der Waals surface area (Å²) in [4.78, 5) is 6.47. The maximum absolute atomic E-state index is 12.4. The number of halogens is 3. The van der Waals surface area contributed by atoms with Gasteiger partial charge >= 0.3 is 6.36 Å². The quantitative estimate of drug-likeness (QED) is 0.635. The van der Waals surface area contributed by atoms with E-state index in [4.69, 9.17) is 0 Å². The number of benzene rings is 1. The molecule has 3 aromatic rings. The summed E-state index contributed by atoms with van der Waals surface area (Å²) in [7, 11) is 0. The number of alkyl halides is 3. The molecule has 0 radical (unpaired) electrons. The predicted molar refractivity (Wildman–Crippen MR) is 106 cm³/mol. The summed E-state index contributed by atoms with van der Waals surface area (Å²) < 4.78 is 42.8. The van der Waals surface area contributed by atoms with Crippen LogP contribution in [0.2, 0.25) is 0 Å². The molecule has 3 heterocycles. The Morgan fingerprint density at radius 1 is 1.10 bits per heavy atom. The molecule has 1 N–H and O–H groups in total. The summed E-state index contributed by atoms with van der Waals surface area (Å²) in [6, 6.07) is 9.58. The largest absolute Gasteiger partial charge is 0.573 e. The first kappa shape index (κ1) is 19.5. The van der Waals surface area contributed by atoms with Crippen LogP contribution < -0.4 is 10.1 Å². The summed E-state index contributed by atoms with van der Waals surface area (Å²) in [6.45, 7) is 1.49. The normalized spacial score (nSPS) is 23.0. The highest BCUT2D eigenvalue weighted by Crippen LogP contribution is 2.38. The molecule has 160 valence electrons. The molecule has 10 heteroatoms. The van der Waals surface area contributed by atoms with E-state index in [-0.39, 0.29) is 11.8 Å². The molecule has 1 saturated heterocycles. The van der Waals surface area contributed by atoms with E-state index in [9.17, 15) is 18.4 Å². The number of piperidine rings is 1. The van der Waals surface area contributed by atoms with Gasteiger partial charge in [0, 0.05) is 30.9 Å². The number of anilines is 1. The second kappa shape index (κ2) is 7.34. The van der Waals surface area contributed by atoms with Crippen LogP contribution in [-0.2, 0) is 0 Å². The highest BCUT2D eigenvalue weighted by atomic mass is 19.4. The Bertz CT molecular complexity index is 1120. The van der Waals surface area contributed by atoms with Gasteiger partial charge in [0.15, 0.2) is 11.8 Å². The smallest absolute Gasteiger partial charge is 0.406 e. The third-order valence-electron chi connectivity index (χ3n) is 6.03. The van der Waals surface area contributed by atoms with Crippen LogP contribution in [0.4, 0.5) is 19.1 Å². The minimum atomic E-state index is -4.72. The molecule has 5 rings (SSSR count). The first-order chi connectivity index (χ1) is 14.9. The molecule has 2 fully saturated rings. The van der Waals surface area contributed by atoms with Gasteiger partial charge in [-0.15, -0.1) is 18.3 Å². The molecule has 2 bridgehead atoms. The SMILES string of the molecule is N#CN1C[C@H]2CC[C@@H](C1)C2Nc1nc2c(-c3ccc(OC(F)(F)F)cc3)cccn2n1.